The average molecular weight is 185 g/mol. The van der Waals surface area contributed by atoms with E-state index in [4.69, 9.17) is 5.11 Å². The first-order valence-corrected chi connectivity index (χ1v) is 4.89. The van der Waals surface area contributed by atoms with E-state index in [0.29, 0.717) is 0 Å². The highest BCUT2D eigenvalue weighted by Crippen LogP contribution is 2.34. The van der Waals surface area contributed by atoms with E-state index in [1.807, 2.05) is 0 Å². The second kappa shape index (κ2) is 3.66. The molecule has 1 rings (SSSR count). The lowest BCUT2D eigenvalue weighted by Crippen LogP contribution is -2.51. The summed E-state index contributed by atoms with van der Waals surface area (Å²) >= 11 is 0. The van der Waals surface area contributed by atoms with Gasteiger partial charge in [-0.2, -0.15) is 0 Å². The lowest BCUT2D eigenvalue weighted by molar-refractivity contribution is -0.143. The zero-order valence-corrected chi connectivity index (χ0v) is 8.63. The van der Waals surface area contributed by atoms with Gasteiger partial charge in [0.1, 0.15) is 6.04 Å². The number of aliphatic carboxylic acids is 1. The largest absolute Gasteiger partial charge is 0.480 e. The van der Waals surface area contributed by atoms with Crippen LogP contribution in [0.25, 0.3) is 0 Å². The topological polar surface area (TPSA) is 49.3 Å². The molecular formula is C10H19NO2. The molecule has 3 heteroatoms. The molecule has 0 aromatic carbocycles. The Kier molecular flexibility index (Phi) is 2.96. The minimum absolute atomic E-state index is 0.0798. The van der Waals surface area contributed by atoms with Crippen LogP contribution >= 0.6 is 0 Å². The van der Waals surface area contributed by atoms with Crippen LogP contribution in [0, 0.1) is 11.3 Å². The third-order valence-electron chi connectivity index (χ3n) is 2.84. The molecule has 0 unspecified atom stereocenters. The van der Waals surface area contributed by atoms with Crippen LogP contribution in [0.1, 0.15) is 33.6 Å². The van der Waals surface area contributed by atoms with Crippen molar-refractivity contribution in [1.29, 1.82) is 0 Å². The van der Waals surface area contributed by atoms with E-state index in [1.54, 1.807) is 0 Å². The average Bonchev–Trinajstić information content (AvgIpc) is 2.03. The summed E-state index contributed by atoms with van der Waals surface area (Å²) in [5, 5.41) is 12.1. The third-order valence-corrected chi connectivity index (χ3v) is 2.84. The SMILES string of the molecule is CC(C)(C)[C@H]1CCCN[C@H]1C(=O)O. The van der Waals surface area contributed by atoms with E-state index < -0.39 is 5.97 Å². The van der Waals surface area contributed by atoms with Gasteiger partial charge in [-0.25, -0.2) is 0 Å². The molecule has 1 aliphatic rings. The van der Waals surface area contributed by atoms with Crippen LogP contribution in [0.2, 0.25) is 0 Å². The predicted octanol–water partition coefficient (Wildman–Crippen LogP) is 1.49. The standard InChI is InChI=1S/C10H19NO2/c1-10(2,3)7-5-4-6-11-8(7)9(12)13/h7-8,11H,4-6H2,1-3H3,(H,12,13)/t7-,8+/m0/s1. The van der Waals surface area contributed by atoms with Crippen molar-refractivity contribution in [2.24, 2.45) is 11.3 Å². The molecule has 2 atom stereocenters. The van der Waals surface area contributed by atoms with Gasteiger partial charge in [-0.1, -0.05) is 20.8 Å². The van der Waals surface area contributed by atoms with E-state index in [2.05, 4.69) is 26.1 Å². The van der Waals surface area contributed by atoms with E-state index in [9.17, 15) is 4.79 Å². The number of carboxylic acids is 1. The van der Waals surface area contributed by atoms with E-state index in [1.165, 1.54) is 0 Å². The maximum Gasteiger partial charge on any atom is 0.321 e. The molecule has 0 aromatic heterocycles. The molecule has 0 amide bonds. The van der Waals surface area contributed by atoms with E-state index in [0.717, 1.165) is 19.4 Å². The summed E-state index contributed by atoms with van der Waals surface area (Å²) in [6, 6.07) is -0.353. The minimum Gasteiger partial charge on any atom is -0.480 e. The molecule has 13 heavy (non-hydrogen) atoms. The number of hydrogen-bond donors (Lipinski definition) is 2. The zero-order valence-electron chi connectivity index (χ0n) is 8.63. The van der Waals surface area contributed by atoms with Crippen molar-refractivity contribution >= 4 is 5.97 Å². The fraction of sp³-hybridized carbons (Fsp3) is 0.900. The number of rotatable bonds is 1. The lowest BCUT2D eigenvalue weighted by Gasteiger charge is -2.38. The van der Waals surface area contributed by atoms with Crippen LogP contribution in [0.4, 0.5) is 0 Å². The van der Waals surface area contributed by atoms with Crippen LogP contribution in [0.15, 0.2) is 0 Å². The van der Waals surface area contributed by atoms with Gasteiger partial charge in [0.2, 0.25) is 0 Å². The Labute approximate surface area is 79.5 Å². The molecule has 3 nitrogen and oxygen atoms in total. The second-order valence-corrected chi connectivity index (χ2v) is 4.88. The van der Waals surface area contributed by atoms with E-state index >= 15 is 0 Å². The van der Waals surface area contributed by atoms with Crippen LogP contribution in [0.3, 0.4) is 0 Å². The van der Waals surface area contributed by atoms with Crippen LogP contribution < -0.4 is 5.32 Å². The van der Waals surface area contributed by atoms with Crippen molar-refractivity contribution in [3.8, 4) is 0 Å². The van der Waals surface area contributed by atoms with Crippen molar-refractivity contribution in [2.75, 3.05) is 6.54 Å². The highest BCUT2D eigenvalue weighted by molar-refractivity contribution is 5.74. The minimum atomic E-state index is -0.709. The van der Waals surface area contributed by atoms with Crippen molar-refractivity contribution in [3.63, 3.8) is 0 Å². The second-order valence-electron chi connectivity index (χ2n) is 4.88. The van der Waals surface area contributed by atoms with Crippen LogP contribution in [-0.2, 0) is 4.79 Å². The van der Waals surface area contributed by atoms with Gasteiger partial charge < -0.3 is 10.4 Å². The number of piperidine rings is 1. The zero-order chi connectivity index (χ0) is 10.1. The molecular weight excluding hydrogens is 166 g/mol. The summed E-state index contributed by atoms with van der Waals surface area (Å²) in [5.41, 5.74) is 0.0798. The monoisotopic (exact) mass is 185 g/mol. The molecule has 0 radical (unpaired) electrons. The number of carboxylic acid groups (broad SMARTS) is 1. The summed E-state index contributed by atoms with van der Waals surface area (Å²) in [4.78, 5) is 10.9. The van der Waals surface area contributed by atoms with Gasteiger partial charge in [0.05, 0.1) is 0 Å². The smallest absolute Gasteiger partial charge is 0.321 e. The van der Waals surface area contributed by atoms with Gasteiger partial charge in [-0.3, -0.25) is 4.79 Å². The van der Waals surface area contributed by atoms with Crippen LogP contribution in [0.5, 0.6) is 0 Å². The molecule has 2 N–H and O–H groups in total. The Morgan fingerprint density at radius 2 is 2.08 bits per heavy atom. The molecule has 0 aliphatic carbocycles. The number of hydrogen-bond acceptors (Lipinski definition) is 2. The number of nitrogens with one attached hydrogen (secondary N) is 1. The molecule has 1 heterocycles. The van der Waals surface area contributed by atoms with E-state index in [-0.39, 0.29) is 17.4 Å². The maximum atomic E-state index is 10.9. The molecule has 0 spiro atoms. The highest BCUT2D eigenvalue weighted by atomic mass is 16.4. The summed E-state index contributed by atoms with van der Waals surface area (Å²) in [7, 11) is 0. The Morgan fingerprint density at radius 1 is 1.46 bits per heavy atom. The van der Waals surface area contributed by atoms with Gasteiger partial charge in [0.15, 0.2) is 0 Å². The predicted molar refractivity (Wildman–Crippen MR) is 51.6 cm³/mol. The normalized spacial score (nSPS) is 30.1. The quantitative estimate of drug-likeness (QED) is 0.650. The maximum absolute atomic E-state index is 10.9. The Morgan fingerprint density at radius 3 is 2.46 bits per heavy atom. The van der Waals surface area contributed by atoms with Crippen molar-refractivity contribution < 1.29 is 9.90 Å². The first-order chi connectivity index (χ1) is 5.93. The van der Waals surface area contributed by atoms with Crippen molar-refractivity contribution in [2.45, 2.75) is 39.7 Å². The summed E-state index contributed by atoms with van der Waals surface area (Å²) in [5.74, 6) is -0.460. The molecule has 1 fully saturated rings. The summed E-state index contributed by atoms with van der Waals surface area (Å²) < 4.78 is 0. The molecule has 76 valence electrons. The van der Waals surface area contributed by atoms with Gasteiger partial charge in [0, 0.05) is 0 Å². The van der Waals surface area contributed by atoms with Gasteiger partial charge in [-0.15, -0.1) is 0 Å². The lowest BCUT2D eigenvalue weighted by atomic mass is 9.72. The fourth-order valence-electron chi connectivity index (χ4n) is 2.08. The molecule has 1 aliphatic heterocycles. The van der Waals surface area contributed by atoms with Gasteiger partial charge >= 0.3 is 5.97 Å². The van der Waals surface area contributed by atoms with Crippen LogP contribution in [-0.4, -0.2) is 23.7 Å². The van der Waals surface area contributed by atoms with Gasteiger partial charge in [0.25, 0.3) is 0 Å². The van der Waals surface area contributed by atoms with Crippen molar-refractivity contribution in [1.82, 2.24) is 5.32 Å². The number of carbonyl (C=O) groups is 1. The third kappa shape index (κ3) is 2.44. The molecule has 0 aromatic rings. The first kappa shape index (κ1) is 10.5. The fourth-order valence-corrected chi connectivity index (χ4v) is 2.08. The Bertz CT molecular complexity index is 196. The molecule has 1 saturated heterocycles. The Balaban J connectivity index is 2.73. The molecule has 0 bridgehead atoms. The first-order valence-electron chi connectivity index (χ1n) is 4.89. The highest BCUT2D eigenvalue weighted by Gasteiger charge is 2.37. The summed E-state index contributed by atoms with van der Waals surface area (Å²) in [6.45, 7) is 7.17. The summed E-state index contributed by atoms with van der Waals surface area (Å²) in [6.07, 6.45) is 2.11. The molecule has 0 saturated carbocycles. The van der Waals surface area contributed by atoms with Crippen molar-refractivity contribution in [3.05, 3.63) is 0 Å². The Hall–Kier alpha value is -0.570. The van der Waals surface area contributed by atoms with Gasteiger partial charge in [-0.05, 0) is 30.7 Å².